The molecule has 3 rings (SSSR count). The molecule has 0 aliphatic carbocycles. The molecule has 2 amide bonds. The molecule has 1 heterocycles. The van der Waals surface area contributed by atoms with E-state index in [9.17, 15) is 9.90 Å². The lowest BCUT2D eigenvalue weighted by atomic mass is 10.1. The van der Waals surface area contributed by atoms with Gasteiger partial charge in [0.2, 0.25) is 0 Å². The molecule has 0 spiro atoms. The van der Waals surface area contributed by atoms with E-state index in [1.165, 1.54) is 15.6 Å². The van der Waals surface area contributed by atoms with E-state index in [0.29, 0.717) is 19.5 Å². The van der Waals surface area contributed by atoms with E-state index in [0.717, 1.165) is 5.56 Å². The van der Waals surface area contributed by atoms with Gasteiger partial charge in [-0.25, -0.2) is 4.79 Å². The minimum absolute atomic E-state index is 0.0922. The molecule has 3 aromatic rings. The molecule has 2 aromatic carbocycles. The van der Waals surface area contributed by atoms with Gasteiger partial charge in [-0.1, -0.05) is 30.3 Å². The van der Waals surface area contributed by atoms with E-state index >= 15 is 0 Å². The van der Waals surface area contributed by atoms with Gasteiger partial charge in [0.05, 0.1) is 0 Å². The summed E-state index contributed by atoms with van der Waals surface area (Å²) in [6.45, 7) is 1.12. The van der Waals surface area contributed by atoms with Gasteiger partial charge in [-0.2, -0.15) is 0 Å². The Morgan fingerprint density at radius 2 is 2.04 bits per heavy atom. The molecule has 1 aromatic heterocycles. The maximum absolute atomic E-state index is 12.2. The van der Waals surface area contributed by atoms with Crippen LogP contribution in [0, 0.1) is 0 Å². The molecule has 0 saturated carbocycles. The topological polar surface area (TPSA) is 52.6 Å². The summed E-state index contributed by atoms with van der Waals surface area (Å²) in [5, 5.41) is 15.7. The summed E-state index contributed by atoms with van der Waals surface area (Å²) in [6, 6.07) is 15.2. The summed E-state index contributed by atoms with van der Waals surface area (Å²) in [6.07, 6.45) is 0.690. The lowest BCUT2D eigenvalue weighted by Crippen LogP contribution is -2.37. The molecule has 24 heavy (non-hydrogen) atoms. The van der Waals surface area contributed by atoms with Gasteiger partial charge in [0, 0.05) is 24.8 Å². The zero-order chi connectivity index (χ0) is 16.9. The van der Waals surface area contributed by atoms with Crippen molar-refractivity contribution in [2.75, 3.05) is 13.6 Å². The molecule has 0 saturated heterocycles. The van der Waals surface area contributed by atoms with Gasteiger partial charge in [0.1, 0.15) is 5.75 Å². The monoisotopic (exact) mass is 340 g/mol. The maximum Gasteiger partial charge on any atom is 0.317 e. The number of aromatic hydroxyl groups is 1. The van der Waals surface area contributed by atoms with Crippen molar-refractivity contribution in [3.8, 4) is 5.75 Å². The Morgan fingerprint density at radius 1 is 1.21 bits per heavy atom. The van der Waals surface area contributed by atoms with Crippen molar-refractivity contribution in [2.24, 2.45) is 0 Å². The number of fused-ring (bicyclic) bond motifs is 1. The van der Waals surface area contributed by atoms with Gasteiger partial charge < -0.3 is 15.3 Å². The number of nitrogens with zero attached hydrogens (tertiary/aromatic N) is 1. The molecule has 0 atom stereocenters. The number of nitrogens with one attached hydrogen (secondary N) is 1. The average Bonchev–Trinajstić information content (AvgIpc) is 2.98. The van der Waals surface area contributed by atoms with Crippen molar-refractivity contribution in [3.63, 3.8) is 0 Å². The van der Waals surface area contributed by atoms with Crippen LogP contribution in [-0.4, -0.2) is 29.6 Å². The lowest BCUT2D eigenvalue weighted by Gasteiger charge is -2.17. The fourth-order valence-electron chi connectivity index (χ4n) is 2.64. The quantitative estimate of drug-likeness (QED) is 0.738. The molecule has 2 N–H and O–H groups in total. The van der Waals surface area contributed by atoms with Gasteiger partial charge >= 0.3 is 6.03 Å². The highest BCUT2D eigenvalue weighted by atomic mass is 32.1. The van der Waals surface area contributed by atoms with Crippen LogP contribution in [0.4, 0.5) is 4.79 Å². The van der Waals surface area contributed by atoms with Gasteiger partial charge in [-0.3, -0.25) is 0 Å². The zero-order valence-electron chi connectivity index (χ0n) is 13.5. The Hall–Kier alpha value is -2.53. The van der Waals surface area contributed by atoms with Crippen LogP contribution < -0.4 is 5.32 Å². The van der Waals surface area contributed by atoms with Crippen LogP contribution in [0.25, 0.3) is 10.1 Å². The Bertz CT molecular complexity index is 844. The normalized spacial score (nSPS) is 10.7. The predicted molar refractivity (Wildman–Crippen MR) is 98.5 cm³/mol. The first-order chi connectivity index (χ1) is 11.6. The number of hydrogen-bond acceptors (Lipinski definition) is 3. The minimum Gasteiger partial charge on any atom is -0.508 e. The largest absolute Gasteiger partial charge is 0.508 e. The molecule has 0 unspecified atom stereocenters. The molecule has 0 radical (unpaired) electrons. The zero-order valence-corrected chi connectivity index (χ0v) is 14.3. The summed E-state index contributed by atoms with van der Waals surface area (Å²) >= 11 is 1.70. The summed E-state index contributed by atoms with van der Waals surface area (Å²) in [7, 11) is 1.80. The number of urea groups is 1. The highest BCUT2D eigenvalue weighted by Gasteiger charge is 2.11. The van der Waals surface area contributed by atoms with E-state index < -0.39 is 0 Å². The van der Waals surface area contributed by atoms with Crippen LogP contribution in [0.5, 0.6) is 5.75 Å². The number of carbonyl (C=O) groups is 1. The minimum atomic E-state index is -0.0922. The van der Waals surface area contributed by atoms with Crippen LogP contribution in [-0.2, 0) is 13.0 Å². The number of phenols is 1. The smallest absolute Gasteiger partial charge is 0.317 e. The van der Waals surface area contributed by atoms with Crippen LogP contribution in [0.15, 0.2) is 53.9 Å². The number of phenolic OH excluding ortho intramolecular Hbond substituents is 1. The molecule has 0 bridgehead atoms. The molecule has 0 fully saturated rings. The average molecular weight is 340 g/mol. The Morgan fingerprint density at radius 3 is 2.88 bits per heavy atom. The number of rotatable bonds is 5. The van der Waals surface area contributed by atoms with Gasteiger partial charge in [0.15, 0.2) is 0 Å². The van der Waals surface area contributed by atoms with Crippen molar-refractivity contribution < 1.29 is 9.90 Å². The number of amides is 2. The third-order valence-corrected chi connectivity index (χ3v) is 4.93. The number of hydrogen-bond donors (Lipinski definition) is 2. The third kappa shape index (κ3) is 3.86. The van der Waals surface area contributed by atoms with Crippen LogP contribution in [0.3, 0.4) is 0 Å². The second-order valence-corrected chi connectivity index (χ2v) is 6.68. The molecule has 124 valence electrons. The first-order valence-electron chi connectivity index (χ1n) is 7.85. The first kappa shape index (κ1) is 16.3. The lowest BCUT2D eigenvalue weighted by molar-refractivity contribution is 0.207. The second-order valence-electron chi connectivity index (χ2n) is 5.76. The van der Waals surface area contributed by atoms with Crippen LogP contribution in [0.2, 0.25) is 0 Å². The second kappa shape index (κ2) is 7.36. The molecule has 0 aliphatic rings. The van der Waals surface area contributed by atoms with Gasteiger partial charge in [-0.05, 0) is 46.5 Å². The SMILES string of the molecule is CN(Cc1csc2ccccc12)C(=O)NCCc1cccc(O)c1. The standard InChI is InChI=1S/C19H20N2O2S/c1-21(12-15-13-24-18-8-3-2-7-17(15)18)19(23)20-10-9-14-5-4-6-16(22)11-14/h2-8,11,13,22H,9-10,12H2,1H3,(H,20,23). The molecular weight excluding hydrogens is 320 g/mol. The molecular formula is C19H20N2O2S. The fraction of sp³-hybridized carbons (Fsp3) is 0.211. The van der Waals surface area contributed by atoms with E-state index in [-0.39, 0.29) is 11.8 Å². The number of carbonyl (C=O) groups excluding carboxylic acids is 1. The number of benzene rings is 2. The van der Waals surface area contributed by atoms with Crippen molar-refractivity contribution in [1.82, 2.24) is 10.2 Å². The van der Waals surface area contributed by atoms with Crippen molar-refractivity contribution in [2.45, 2.75) is 13.0 Å². The highest BCUT2D eigenvalue weighted by Crippen LogP contribution is 2.26. The van der Waals surface area contributed by atoms with Crippen molar-refractivity contribution in [3.05, 3.63) is 65.0 Å². The predicted octanol–water partition coefficient (Wildman–Crippen LogP) is 3.99. The van der Waals surface area contributed by atoms with E-state index in [1.54, 1.807) is 41.5 Å². The van der Waals surface area contributed by atoms with Gasteiger partial charge in [-0.15, -0.1) is 11.3 Å². The Labute approximate surface area is 145 Å². The number of thiophene rings is 1. The van der Waals surface area contributed by atoms with Crippen molar-refractivity contribution >= 4 is 27.5 Å². The molecule has 4 nitrogen and oxygen atoms in total. The van der Waals surface area contributed by atoms with Gasteiger partial charge in [0.25, 0.3) is 0 Å². The Kier molecular flexibility index (Phi) is 5.01. The van der Waals surface area contributed by atoms with E-state index in [2.05, 4.69) is 22.8 Å². The summed E-state index contributed by atoms with van der Waals surface area (Å²) < 4.78 is 1.24. The first-order valence-corrected chi connectivity index (χ1v) is 8.73. The molecule has 5 heteroatoms. The molecule has 0 aliphatic heterocycles. The van der Waals surface area contributed by atoms with Crippen LogP contribution in [0.1, 0.15) is 11.1 Å². The summed E-state index contributed by atoms with van der Waals surface area (Å²) in [5.74, 6) is 0.250. The van der Waals surface area contributed by atoms with Crippen molar-refractivity contribution in [1.29, 1.82) is 0 Å². The third-order valence-electron chi connectivity index (χ3n) is 3.92. The fourth-order valence-corrected chi connectivity index (χ4v) is 3.60. The summed E-state index contributed by atoms with van der Waals surface area (Å²) in [4.78, 5) is 13.9. The van der Waals surface area contributed by atoms with Crippen LogP contribution >= 0.6 is 11.3 Å². The summed E-state index contributed by atoms with van der Waals surface area (Å²) in [5.41, 5.74) is 2.17. The highest BCUT2D eigenvalue weighted by molar-refractivity contribution is 7.17. The Balaban J connectivity index is 1.53. The maximum atomic E-state index is 12.2. The van der Waals surface area contributed by atoms with E-state index in [1.807, 2.05) is 18.2 Å². The van der Waals surface area contributed by atoms with E-state index in [4.69, 9.17) is 0 Å².